The third-order valence-corrected chi connectivity index (χ3v) is 2.93. The summed E-state index contributed by atoms with van der Waals surface area (Å²) < 4.78 is 0. The molecule has 0 radical (unpaired) electrons. The number of aliphatic carboxylic acids is 1. The molecule has 4 nitrogen and oxygen atoms in total. The van der Waals surface area contributed by atoms with Crippen LogP contribution in [0.25, 0.3) is 0 Å². The monoisotopic (exact) mass is 249 g/mol. The Labute approximate surface area is 107 Å². The number of rotatable bonds is 4. The van der Waals surface area contributed by atoms with Crippen LogP contribution < -0.4 is 0 Å². The lowest BCUT2D eigenvalue weighted by molar-refractivity contribution is -0.141. The molecule has 1 rings (SSSR count). The Morgan fingerprint density at radius 1 is 1.33 bits per heavy atom. The van der Waals surface area contributed by atoms with Crippen molar-refractivity contribution < 1.29 is 14.7 Å². The Kier molecular flexibility index (Phi) is 4.48. The number of carboxylic acids is 1. The van der Waals surface area contributed by atoms with Crippen LogP contribution in [0.15, 0.2) is 18.2 Å². The Morgan fingerprint density at radius 2 is 1.94 bits per heavy atom. The van der Waals surface area contributed by atoms with Crippen molar-refractivity contribution in [3.63, 3.8) is 0 Å². The van der Waals surface area contributed by atoms with E-state index in [1.807, 2.05) is 26.0 Å². The highest BCUT2D eigenvalue weighted by molar-refractivity contribution is 5.95. The van der Waals surface area contributed by atoms with Crippen molar-refractivity contribution in [2.75, 3.05) is 13.6 Å². The van der Waals surface area contributed by atoms with Crippen LogP contribution in [0.5, 0.6) is 0 Å². The van der Waals surface area contributed by atoms with Crippen molar-refractivity contribution in [3.8, 4) is 0 Å². The molecule has 1 atom stereocenters. The van der Waals surface area contributed by atoms with Gasteiger partial charge in [0.1, 0.15) is 0 Å². The van der Waals surface area contributed by atoms with Crippen LogP contribution >= 0.6 is 0 Å². The quantitative estimate of drug-likeness (QED) is 0.889. The standard InChI is InChI=1S/C14H19NO3/c1-9-5-6-12(10(2)7-9)13(16)15(4)8-11(3)14(17)18/h5-7,11H,8H2,1-4H3,(H,17,18). The van der Waals surface area contributed by atoms with Crippen molar-refractivity contribution in [1.82, 2.24) is 4.90 Å². The molecule has 1 unspecified atom stereocenters. The number of benzene rings is 1. The summed E-state index contributed by atoms with van der Waals surface area (Å²) in [6.07, 6.45) is 0. The largest absolute Gasteiger partial charge is 0.481 e. The highest BCUT2D eigenvalue weighted by atomic mass is 16.4. The van der Waals surface area contributed by atoms with Crippen LogP contribution in [0.3, 0.4) is 0 Å². The Balaban J connectivity index is 2.83. The van der Waals surface area contributed by atoms with Crippen molar-refractivity contribution >= 4 is 11.9 Å². The molecule has 1 amide bonds. The van der Waals surface area contributed by atoms with Gasteiger partial charge in [-0.05, 0) is 25.5 Å². The average Bonchev–Trinajstić information content (AvgIpc) is 2.27. The fraction of sp³-hybridized carbons (Fsp3) is 0.429. The minimum Gasteiger partial charge on any atom is -0.481 e. The van der Waals surface area contributed by atoms with Gasteiger partial charge in [0.15, 0.2) is 0 Å². The van der Waals surface area contributed by atoms with E-state index in [4.69, 9.17) is 5.11 Å². The van der Waals surface area contributed by atoms with E-state index in [0.29, 0.717) is 5.56 Å². The maximum atomic E-state index is 12.2. The number of amides is 1. The zero-order valence-corrected chi connectivity index (χ0v) is 11.2. The van der Waals surface area contributed by atoms with E-state index in [-0.39, 0.29) is 12.5 Å². The molecule has 0 aromatic heterocycles. The zero-order chi connectivity index (χ0) is 13.9. The molecule has 1 N–H and O–H groups in total. The van der Waals surface area contributed by atoms with Gasteiger partial charge < -0.3 is 10.0 Å². The van der Waals surface area contributed by atoms with Gasteiger partial charge in [0.25, 0.3) is 5.91 Å². The number of carbonyl (C=O) groups is 2. The summed E-state index contributed by atoms with van der Waals surface area (Å²) >= 11 is 0. The van der Waals surface area contributed by atoms with Gasteiger partial charge >= 0.3 is 5.97 Å². The lowest BCUT2D eigenvalue weighted by Gasteiger charge is -2.20. The van der Waals surface area contributed by atoms with Gasteiger partial charge in [-0.2, -0.15) is 0 Å². The van der Waals surface area contributed by atoms with Gasteiger partial charge in [0.05, 0.1) is 5.92 Å². The highest BCUT2D eigenvalue weighted by Crippen LogP contribution is 2.13. The third kappa shape index (κ3) is 3.32. The van der Waals surface area contributed by atoms with E-state index < -0.39 is 11.9 Å². The topological polar surface area (TPSA) is 57.6 Å². The van der Waals surface area contributed by atoms with Gasteiger partial charge in [-0.3, -0.25) is 9.59 Å². The zero-order valence-electron chi connectivity index (χ0n) is 11.2. The molecule has 1 aromatic rings. The van der Waals surface area contributed by atoms with Gasteiger partial charge in [0, 0.05) is 19.2 Å². The number of carbonyl (C=O) groups excluding carboxylic acids is 1. The number of nitrogens with zero attached hydrogens (tertiary/aromatic N) is 1. The fourth-order valence-corrected chi connectivity index (χ4v) is 1.83. The minimum absolute atomic E-state index is 0.138. The molecule has 98 valence electrons. The van der Waals surface area contributed by atoms with Gasteiger partial charge in [-0.1, -0.05) is 24.6 Å². The second-order valence-corrected chi connectivity index (χ2v) is 4.74. The maximum Gasteiger partial charge on any atom is 0.308 e. The molecule has 0 aliphatic heterocycles. The van der Waals surface area contributed by atoms with Crippen molar-refractivity contribution in [2.24, 2.45) is 5.92 Å². The summed E-state index contributed by atoms with van der Waals surface area (Å²) in [5.41, 5.74) is 2.64. The van der Waals surface area contributed by atoms with Crippen molar-refractivity contribution in [2.45, 2.75) is 20.8 Å². The Hall–Kier alpha value is -1.84. The first-order valence-corrected chi connectivity index (χ1v) is 5.88. The molecule has 18 heavy (non-hydrogen) atoms. The first-order valence-electron chi connectivity index (χ1n) is 5.88. The molecule has 0 saturated carbocycles. The number of aryl methyl sites for hydroxylation is 2. The summed E-state index contributed by atoms with van der Waals surface area (Å²) in [4.78, 5) is 24.4. The molecule has 0 heterocycles. The Bertz CT molecular complexity index is 468. The van der Waals surface area contributed by atoms with E-state index in [1.54, 1.807) is 20.0 Å². The molecule has 0 aliphatic carbocycles. The predicted octanol–water partition coefficient (Wildman–Crippen LogP) is 2.10. The summed E-state index contributed by atoms with van der Waals surface area (Å²) in [5, 5.41) is 8.84. The third-order valence-electron chi connectivity index (χ3n) is 2.93. The lowest BCUT2D eigenvalue weighted by atomic mass is 10.0. The molecule has 0 spiro atoms. The fourth-order valence-electron chi connectivity index (χ4n) is 1.83. The van der Waals surface area contributed by atoms with Crippen molar-refractivity contribution in [1.29, 1.82) is 0 Å². The first kappa shape index (κ1) is 14.2. The van der Waals surface area contributed by atoms with Crippen LogP contribution in [-0.4, -0.2) is 35.5 Å². The average molecular weight is 249 g/mol. The van der Waals surface area contributed by atoms with Crippen LogP contribution in [0.2, 0.25) is 0 Å². The summed E-state index contributed by atoms with van der Waals surface area (Å²) in [5.74, 6) is -1.60. The summed E-state index contributed by atoms with van der Waals surface area (Å²) in [6.45, 7) is 5.65. The smallest absolute Gasteiger partial charge is 0.308 e. The molecular formula is C14H19NO3. The second kappa shape index (κ2) is 5.67. The molecule has 4 heteroatoms. The molecule has 0 bridgehead atoms. The van der Waals surface area contributed by atoms with E-state index in [9.17, 15) is 9.59 Å². The van der Waals surface area contributed by atoms with Crippen LogP contribution in [0, 0.1) is 19.8 Å². The minimum atomic E-state index is -0.893. The van der Waals surface area contributed by atoms with Crippen LogP contribution in [-0.2, 0) is 4.79 Å². The second-order valence-electron chi connectivity index (χ2n) is 4.74. The van der Waals surface area contributed by atoms with E-state index in [1.165, 1.54) is 4.90 Å². The molecule has 0 aliphatic rings. The first-order chi connectivity index (χ1) is 8.32. The van der Waals surface area contributed by atoms with E-state index in [2.05, 4.69) is 0 Å². The molecule has 0 fully saturated rings. The summed E-state index contributed by atoms with van der Waals surface area (Å²) in [7, 11) is 1.63. The van der Waals surface area contributed by atoms with Gasteiger partial charge in [-0.25, -0.2) is 0 Å². The predicted molar refractivity (Wildman–Crippen MR) is 69.7 cm³/mol. The van der Waals surface area contributed by atoms with E-state index >= 15 is 0 Å². The maximum absolute atomic E-state index is 12.2. The SMILES string of the molecule is Cc1ccc(C(=O)N(C)CC(C)C(=O)O)c(C)c1. The van der Waals surface area contributed by atoms with Gasteiger partial charge in [-0.15, -0.1) is 0 Å². The Morgan fingerprint density at radius 3 is 2.44 bits per heavy atom. The number of hydrogen-bond acceptors (Lipinski definition) is 2. The van der Waals surface area contributed by atoms with Crippen molar-refractivity contribution in [3.05, 3.63) is 34.9 Å². The highest BCUT2D eigenvalue weighted by Gasteiger charge is 2.19. The lowest BCUT2D eigenvalue weighted by Crippen LogP contribution is -2.34. The number of hydrogen-bond donors (Lipinski definition) is 1. The van der Waals surface area contributed by atoms with Gasteiger partial charge in [0.2, 0.25) is 0 Å². The van der Waals surface area contributed by atoms with Crippen LogP contribution in [0.1, 0.15) is 28.4 Å². The normalized spacial score (nSPS) is 12.0. The van der Waals surface area contributed by atoms with Crippen LogP contribution in [0.4, 0.5) is 0 Å². The molecule has 0 saturated heterocycles. The molecular weight excluding hydrogens is 230 g/mol. The number of carboxylic acid groups (broad SMARTS) is 1. The van der Waals surface area contributed by atoms with E-state index in [0.717, 1.165) is 11.1 Å². The summed E-state index contributed by atoms with van der Waals surface area (Å²) in [6, 6.07) is 5.62. The molecule has 1 aromatic carbocycles.